The standard InChI is InChI=1S/C20H33N5O7S/c1-12(2)17(21)19(28)25-16(4-3-8-23-20(22)29)18(27)24-15-6-5-14(11-26)13(10-15)7-9-33(30,31)32/h5-6,10,12,16-17,26H,3-4,7-9,11,21H2,1-2H3,(H,24,27)(H,25,28)(H3,22,23,29)(H,30,31,32)/t16-,17-/m0/s1. The van der Waals surface area contributed by atoms with Crippen molar-refractivity contribution in [3.8, 4) is 0 Å². The molecule has 0 bridgehead atoms. The van der Waals surface area contributed by atoms with Gasteiger partial charge in [-0.3, -0.25) is 14.1 Å². The third-order valence-electron chi connectivity index (χ3n) is 4.90. The Morgan fingerprint density at radius 3 is 2.33 bits per heavy atom. The fourth-order valence-electron chi connectivity index (χ4n) is 2.92. The number of urea groups is 1. The van der Waals surface area contributed by atoms with Gasteiger partial charge in [-0.25, -0.2) is 4.79 Å². The van der Waals surface area contributed by atoms with Crippen LogP contribution in [0.15, 0.2) is 18.2 Å². The number of amides is 4. The van der Waals surface area contributed by atoms with E-state index in [2.05, 4.69) is 16.0 Å². The lowest BCUT2D eigenvalue weighted by Gasteiger charge is -2.22. The largest absolute Gasteiger partial charge is 0.392 e. The number of nitrogens with two attached hydrogens (primary N) is 2. The summed E-state index contributed by atoms with van der Waals surface area (Å²) < 4.78 is 31.1. The molecule has 33 heavy (non-hydrogen) atoms. The van der Waals surface area contributed by atoms with E-state index in [1.165, 1.54) is 18.2 Å². The van der Waals surface area contributed by atoms with Gasteiger partial charge < -0.3 is 32.5 Å². The lowest BCUT2D eigenvalue weighted by atomic mass is 10.0. The lowest BCUT2D eigenvalue weighted by Crippen LogP contribution is -2.51. The van der Waals surface area contributed by atoms with Gasteiger partial charge in [0.15, 0.2) is 0 Å². The summed E-state index contributed by atoms with van der Waals surface area (Å²) in [7, 11) is -4.21. The lowest BCUT2D eigenvalue weighted by molar-refractivity contribution is -0.128. The molecular weight excluding hydrogens is 454 g/mol. The van der Waals surface area contributed by atoms with Gasteiger partial charge in [-0.15, -0.1) is 0 Å². The van der Waals surface area contributed by atoms with Gasteiger partial charge in [0.25, 0.3) is 10.1 Å². The third kappa shape index (κ3) is 10.6. The summed E-state index contributed by atoms with van der Waals surface area (Å²) in [6.45, 7) is 3.39. The quantitative estimate of drug-likeness (QED) is 0.141. The molecule has 0 heterocycles. The van der Waals surface area contributed by atoms with E-state index in [0.717, 1.165) is 0 Å². The normalized spacial score (nSPS) is 13.3. The number of aryl methyl sites for hydroxylation is 1. The summed E-state index contributed by atoms with van der Waals surface area (Å²) in [5.74, 6) is -1.74. The highest BCUT2D eigenvalue weighted by atomic mass is 32.2. The molecule has 9 N–H and O–H groups in total. The molecule has 2 atom stereocenters. The van der Waals surface area contributed by atoms with Crippen LogP contribution in [-0.4, -0.2) is 60.3 Å². The smallest absolute Gasteiger partial charge is 0.312 e. The monoisotopic (exact) mass is 487 g/mol. The SMILES string of the molecule is CC(C)[C@H](N)C(=O)N[C@@H](CCCNC(N)=O)C(=O)Nc1ccc(CO)c(CCS(=O)(=O)O)c1. The molecule has 0 unspecified atom stereocenters. The zero-order valence-corrected chi connectivity index (χ0v) is 19.5. The second-order valence-electron chi connectivity index (χ2n) is 7.93. The van der Waals surface area contributed by atoms with Crippen molar-refractivity contribution in [1.29, 1.82) is 0 Å². The van der Waals surface area contributed by atoms with Crippen molar-refractivity contribution in [2.24, 2.45) is 17.4 Å². The van der Waals surface area contributed by atoms with Crippen LogP contribution in [0.3, 0.4) is 0 Å². The van der Waals surface area contributed by atoms with Gasteiger partial charge in [-0.2, -0.15) is 8.42 Å². The van der Waals surface area contributed by atoms with Crippen LogP contribution in [0.25, 0.3) is 0 Å². The van der Waals surface area contributed by atoms with E-state index in [1.54, 1.807) is 13.8 Å². The minimum atomic E-state index is -4.21. The predicted molar refractivity (Wildman–Crippen MR) is 123 cm³/mol. The first-order chi connectivity index (χ1) is 15.3. The molecule has 0 aromatic heterocycles. The summed E-state index contributed by atoms with van der Waals surface area (Å²) in [6, 6.07) is 2.04. The molecule has 0 aliphatic carbocycles. The van der Waals surface area contributed by atoms with E-state index in [4.69, 9.17) is 16.0 Å². The van der Waals surface area contributed by atoms with Gasteiger partial charge in [0, 0.05) is 12.2 Å². The van der Waals surface area contributed by atoms with E-state index in [0.29, 0.717) is 23.2 Å². The van der Waals surface area contributed by atoms with E-state index >= 15 is 0 Å². The average molecular weight is 488 g/mol. The highest BCUT2D eigenvalue weighted by molar-refractivity contribution is 7.85. The van der Waals surface area contributed by atoms with Crippen molar-refractivity contribution in [2.75, 3.05) is 17.6 Å². The molecule has 0 saturated carbocycles. The number of anilines is 1. The first kappa shape index (κ1) is 28.3. The summed E-state index contributed by atoms with van der Waals surface area (Å²) in [6.07, 6.45) is 0.467. The molecule has 186 valence electrons. The second kappa shape index (κ2) is 13.1. The minimum Gasteiger partial charge on any atom is -0.392 e. The number of nitrogens with one attached hydrogen (secondary N) is 3. The molecule has 0 aliphatic rings. The van der Waals surface area contributed by atoms with Gasteiger partial charge in [-0.05, 0) is 48.4 Å². The van der Waals surface area contributed by atoms with Crippen LogP contribution in [0.5, 0.6) is 0 Å². The van der Waals surface area contributed by atoms with E-state index in [-0.39, 0.29) is 31.9 Å². The minimum absolute atomic E-state index is 0.0688. The molecule has 4 amide bonds. The van der Waals surface area contributed by atoms with Gasteiger partial charge in [0.1, 0.15) is 6.04 Å². The van der Waals surface area contributed by atoms with Crippen LogP contribution in [-0.2, 0) is 32.7 Å². The Bertz CT molecular complexity index is 937. The topological polar surface area (TPSA) is 214 Å². The van der Waals surface area contributed by atoms with Crippen molar-refractivity contribution in [1.82, 2.24) is 10.6 Å². The Balaban J connectivity index is 2.99. The van der Waals surface area contributed by atoms with E-state index in [1.807, 2.05) is 0 Å². The van der Waals surface area contributed by atoms with Crippen LogP contribution >= 0.6 is 0 Å². The highest BCUT2D eigenvalue weighted by Gasteiger charge is 2.25. The maximum Gasteiger partial charge on any atom is 0.312 e. The third-order valence-corrected chi connectivity index (χ3v) is 5.62. The summed E-state index contributed by atoms with van der Waals surface area (Å²) in [5.41, 5.74) is 12.1. The number of carbonyl (C=O) groups excluding carboxylic acids is 3. The molecule has 12 nitrogen and oxygen atoms in total. The fourth-order valence-corrected chi connectivity index (χ4v) is 3.39. The van der Waals surface area contributed by atoms with Crippen LogP contribution in [0.1, 0.15) is 37.8 Å². The van der Waals surface area contributed by atoms with Crippen molar-refractivity contribution < 1.29 is 32.5 Å². The fraction of sp³-hybridized carbons (Fsp3) is 0.550. The summed E-state index contributed by atoms with van der Waals surface area (Å²) in [4.78, 5) is 36.1. The number of carbonyl (C=O) groups is 3. The summed E-state index contributed by atoms with van der Waals surface area (Å²) in [5, 5.41) is 17.1. The average Bonchev–Trinajstić information content (AvgIpc) is 2.72. The molecular formula is C20H33N5O7S. The van der Waals surface area contributed by atoms with Crippen LogP contribution in [0.2, 0.25) is 0 Å². The Morgan fingerprint density at radius 1 is 1.12 bits per heavy atom. The maximum absolute atomic E-state index is 12.9. The van der Waals surface area contributed by atoms with Gasteiger partial charge >= 0.3 is 6.03 Å². The highest BCUT2D eigenvalue weighted by Crippen LogP contribution is 2.18. The molecule has 13 heteroatoms. The number of aliphatic hydroxyl groups excluding tert-OH is 1. The van der Waals surface area contributed by atoms with E-state index < -0.39 is 45.8 Å². The zero-order valence-electron chi connectivity index (χ0n) is 18.7. The first-order valence-corrected chi connectivity index (χ1v) is 12.0. The number of benzene rings is 1. The number of hydrogen-bond acceptors (Lipinski definition) is 7. The molecule has 1 aromatic carbocycles. The molecule has 0 radical (unpaired) electrons. The van der Waals surface area contributed by atoms with Gasteiger partial charge in [0.05, 0.1) is 18.4 Å². The first-order valence-electron chi connectivity index (χ1n) is 10.4. The molecule has 0 fully saturated rings. The van der Waals surface area contributed by atoms with Crippen molar-refractivity contribution in [3.05, 3.63) is 29.3 Å². The Labute approximate surface area is 193 Å². The number of primary amides is 1. The maximum atomic E-state index is 12.9. The van der Waals surface area contributed by atoms with Crippen molar-refractivity contribution >= 4 is 33.7 Å². The Kier molecular flexibility index (Phi) is 11.2. The van der Waals surface area contributed by atoms with Gasteiger partial charge in [-0.1, -0.05) is 19.9 Å². The van der Waals surface area contributed by atoms with Crippen molar-refractivity contribution in [3.63, 3.8) is 0 Å². The predicted octanol–water partition coefficient (Wildman–Crippen LogP) is -0.536. The second-order valence-corrected chi connectivity index (χ2v) is 9.50. The van der Waals surface area contributed by atoms with Crippen LogP contribution in [0, 0.1) is 5.92 Å². The summed E-state index contributed by atoms with van der Waals surface area (Å²) >= 11 is 0. The molecule has 0 spiro atoms. The van der Waals surface area contributed by atoms with Crippen LogP contribution in [0.4, 0.5) is 10.5 Å². The number of hydrogen-bond donors (Lipinski definition) is 7. The number of aliphatic hydroxyl groups is 1. The van der Waals surface area contributed by atoms with E-state index in [9.17, 15) is 27.9 Å². The Hall–Kier alpha value is -2.74. The molecule has 1 aromatic rings. The zero-order chi connectivity index (χ0) is 25.2. The molecule has 1 rings (SSSR count). The molecule has 0 saturated heterocycles. The molecule has 0 aliphatic heterocycles. The van der Waals surface area contributed by atoms with Crippen molar-refractivity contribution in [2.45, 2.75) is 51.8 Å². The van der Waals surface area contributed by atoms with Gasteiger partial charge in [0.2, 0.25) is 11.8 Å². The van der Waals surface area contributed by atoms with Crippen LogP contribution < -0.4 is 27.4 Å². The Morgan fingerprint density at radius 2 is 1.79 bits per heavy atom. The number of rotatable bonds is 13.